The molecule has 2 aliphatic carbocycles. The summed E-state index contributed by atoms with van der Waals surface area (Å²) in [5, 5.41) is 0. The average molecular weight is 345 g/mol. The molecule has 4 rings (SSSR count). The molecule has 0 saturated heterocycles. The van der Waals surface area contributed by atoms with Crippen molar-refractivity contribution >= 4 is 17.4 Å². The summed E-state index contributed by atoms with van der Waals surface area (Å²) in [5.74, 6) is 0.247. The Hall–Kier alpha value is -2.22. The fourth-order valence-electron chi connectivity index (χ4n) is 4.41. The standard InChI is InChI=1S/C24H27NO/c1-2-3-12-19-20-13-7-11-18(16-17-9-5-4-6-10-17)23(20)25-24-21(19)14-8-15-22(24)26/h4-6,9-10,16H,2-3,7-8,11-15H2,1H3/b18-16+. The van der Waals surface area contributed by atoms with Gasteiger partial charge in [0.25, 0.3) is 0 Å². The molecule has 2 aromatic rings. The molecular weight excluding hydrogens is 318 g/mol. The number of carbonyl (C=O) groups is 1. The molecule has 0 spiro atoms. The number of hydrogen-bond acceptors (Lipinski definition) is 2. The van der Waals surface area contributed by atoms with Crippen molar-refractivity contribution in [2.75, 3.05) is 0 Å². The van der Waals surface area contributed by atoms with E-state index < -0.39 is 0 Å². The summed E-state index contributed by atoms with van der Waals surface area (Å²) in [4.78, 5) is 17.5. The maximum Gasteiger partial charge on any atom is 0.181 e. The van der Waals surface area contributed by atoms with Gasteiger partial charge < -0.3 is 0 Å². The summed E-state index contributed by atoms with van der Waals surface area (Å²) in [7, 11) is 0. The highest BCUT2D eigenvalue weighted by Crippen LogP contribution is 2.37. The lowest BCUT2D eigenvalue weighted by Crippen LogP contribution is -2.21. The van der Waals surface area contributed by atoms with Gasteiger partial charge in [-0.2, -0.15) is 0 Å². The molecule has 0 bridgehead atoms. The second kappa shape index (κ2) is 7.57. The third-order valence-electron chi connectivity index (χ3n) is 5.72. The van der Waals surface area contributed by atoms with E-state index in [1.165, 1.54) is 47.1 Å². The molecule has 0 fully saturated rings. The van der Waals surface area contributed by atoms with Gasteiger partial charge in [-0.25, -0.2) is 4.98 Å². The molecule has 134 valence electrons. The van der Waals surface area contributed by atoms with Gasteiger partial charge in [0.1, 0.15) is 5.69 Å². The predicted molar refractivity (Wildman–Crippen MR) is 107 cm³/mol. The monoisotopic (exact) mass is 345 g/mol. The Balaban J connectivity index is 1.87. The Kier molecular flexibility index (Phi) is 5.01. The van der Waals surface area contributed by atoms with Crippen molar-refractivity contribution in [3.63, 3.8) is 0 Å². The highest BCUT2D eigenvalue weighted by molar-refractivity contribution is 5.98. The van der Waals surface area contributed by atoms with Gasteiger partial charge in [0.05, 0.1) is 5.69 Å². The summed E-state index contributed by atoms with van der Waals surface area (Å²) >= 11 is 0. The third-order valence-corrected chi connectivity index (χ3v) is 5.72. The van der Waals surface area contributed by atoms with Gasteiger partial charge in [-0.05, 0) is 78.8 Å². The molecule has 0 radical (unpaired) electrons. The molecular formula is C24H27NO. The number of nitrogens with zero attached hydrogens (tertiary/aromatic N) is 1. The van der Waals surface area contributed by atoms with Gasteiger partial charge in [-0.1, -0.05) is 43.7 Å². The van der Waals surface area contributed by atoms with Crippen LogP contribution in [-0.4, -0.2) is 10.8 Å². The Morgan fingerprint density at radius 2 is 1.69 bits per heavy atom. The van der Waals surface area contributed by atoms with E-state index >= 15 is 0 Å². The van der Waals surface area contributed by atoms with Gasteiger partial charge in [0.15, 0.2) is 5.78 Å². The third kappa shape index (κ3) is 3.25. The van der Waals surface area contributed by atoms with Crippen LogP contribution in [0.4, 0.5) is 0 Å². The maximum atomic E-state index is 12.6. The van der Waals surface area contributed by atoms with Crippen molar-refractivity contribution in [1.82, 2.24) is 4.98 Å². The van der Waals surface area contributed by atoms with Crippen LogP contribution in [0.3, 0.4) is 0 Å². The zero-order valence-corrected chi connectivity index (χ0v) is 15.7. The Morgan fingerprint density at radius 3 is 2.46 bits per heavy atom. The minimum absolute atomic E-state index is 0.247. The summed E-state index contributed by atoms with van der Waals surface area (Å²) in [6, 6.07) is 10.5. The number of carbonyl (C=O) groups excluding carboxylic acids is 1. The first kappa shape index (κ1) is 17.2. The van der Waals surface area contributed by atoms with Crippen molar-refractivity contribution < 1.29 is 4.79 Å². The van der Waals surface area contributed by atoms with Crippen LogP contribution < -0.4 is 0 Å². The molecule has 0 saturated carbocycles. The molecule has 0 N–H and O–H groups in total. The SMILES string of the molecule is CCCCc1c2c(nc3c1CCC/C3=C\c1ccccc1)C(=O)CCC2. The van der Waals surface area contributed by atoms with Gasteiger partial charge in [0, 0.05) is 6.42 Å². The number of ketones is 1. The second-order valence-corrected chi connectivity index (χ2v) is 7.56. The van der Waals surface area contributed by atoms with Crippen molar-refractivity contribution in [3.8, 4) is 0 Å². The first-order valence-corrected chi connectivity index (χ1v) is 10.1. The van der Waals surface area contributed by atoms with Crippen LogP contribution in [0.5, 0.6) is 0 Å². The summed E-state index contributed by atoms with van der Waals surface area (Å²) in [6.07, 6.45) is 11.7. The number of aromatic nitrogens is 1. The summed E-state index contributed by atoms with van der Waals surface area (Å²) in [6.45, 7) is 2.24. The van der Waals surface area contributed by atoms with Gasteiger partial charge in [-0.3, -0.25) is 4.79 Å². The molecule has 0 aliphatic heterocycles. The molecule has 0 amide bonds. The van der Waals surface area contributed by atoms with E-state index in [1.807, 2.05) is 6.07 Å². The lowest BCUT2D eigenvalue weighted by molar-refractivity contribution is 0.0966. The number of allylic oxidation sites excluding steroid dienone is 1. The molecule has 1 aromatic carbocycles. The molecule has 1 heterocycles. The number of rotatable bonds is 4. The zero-order valence-electron chi connectivity index (χ0n) is 15.7. The van der Waals surface area contributed by atoms with E-state index in [-0.39, 0.29) is 5.78 Å². The zero-order chi connectivity index (χ0) is 17.9. The number of unbranched alkanes of at least 4 members (excludes halogenated alkanes) is 1. The van der Waals surface area contributed by atoms with Gasteiger partial charge in [-0.15, -0.1) is 0 Å². The van der Waals surface area contributed by atoms with Crippen LogP contribution in [-0.2, 0) is 19.3 Å². The fourth-order valence-corrected chi connectivity index (χ4v) is 4.41. The van der Waals surface area contributed by atoms with Crippen LogP contribution in [0.1, 0.15) is 83.9 Å². The quantitative estimate of drug-likeness (QED) is 0.699. The smallest absolute Gasteiger partial charge is 0.181 e. The topological polar surface area (TPSA) is 30.0 Å². The number of fused-ring (bicyclic) bond motifs is 2. The van der Waals surface area contributed by atoms with Crippen molar-refractivity contribution in [2.24, 2.45) is 0 Å². The summed E-state index contributed by atoms with van der Waals surface area (Å²) < 4.78 is 0. The Labute approximate surface area is 156 Å². The molecule has 2 nitrogen and oxygen atoms in total. The molecule has 26 heavy (non-hydrogen) atoms. The average Bonchev–Trinajstić information content (AvgIpc) is 2.67. The van der Waals surface area contributed by atoms with Crippen LogP contribution >= 0.6 is 0 Å². The number of hydrogen-bond donors (Lipinski definition) is 0. The maximum absolute atomic E-state index is 12.6. The minimum atomic E-state index is 0.247. The van der Waals surface area contributed by atoms with Gasteiger partial charge in [0.2, 0.25) is 0 Å². The first-order valence-electron chi connectivity index (χ1n) is 10.1. The highest BCUT2D eigenvalue weighted by Gasteiger charge is 2.28. The first-order chi connectivity index (χ1) is 12.8. The van der Waals surface area contributed by atoms with E-state index in [0.717, 1.165) is 43.5 Å². The van der Waals surface area contributed by atoms with Crippen molar-refractivity contribution in [3.05, 3.63) is 64.0 Å². The number of Topliss-reactive ketones (excluding diaryl/α,β-unsaturated/α-hetero) is 1. The highest BCUT2D eigenvalue weighted by atomic mass is 16.1. The van der Waals surface area contributed by atoms with Crippen LogP contribution in [0.25, 0.3) is 11.6 Å². The number of benzene rings is 1. The van der Waals surface area contributed by atoms with Crippen molar-refractivity contribution in [1.29, 1.82) is 0 Å². The number of pyridine rings is 1. The van der Waals surface area contributed by atoms with E-state index in [4.69, 9.17) is 4.98 Å². The largest absolute Gasteiger partial charge is 0.292 e. The normalized spacial score (nSPS) is 17.9. The van der Waals surface area contributed by atoms with E-state index in [2.05, 4.69) is 37.3 Å². The van der Waals surface area contributed by atoms with Crippen LogP contribution in [0, 0.1) is 0 Å². The Morgan fingerprint density at radius 1 is 0.962 bits per heavy atom. The van der Waals surface area contributed by atoms with Crippen LogP contribution in [0.2, 0.25) is 0 Å². The van der Waals surface area contributed by atoms with E-state index in [1.54, 1.807) is 0 Å². The molecule has 0 atom stereocenters. The van der Waals surface area contributed by atoms with Crippen molar-refractivity contribution in [2.45, 2.75) is 64.7 Å². The van der Waals surface area contributed by atoms with E-state index in [0.29, 0.717) is 6.42 Å². The minimum Gasteiger partial charge on any atom is -0.292 e. The summed E-state index contributed by atoms with van der Waals surface area (Å²) in [5.41, 5.74) is 8.57. The molecule has 0 unspecified atom stereocenters. The Bertz CT molecular complexity index is 848. The second-order valence-electron chi connectivity index (χ2n) is 7.56. The lowest BCUT2D eigenvalue weighted by Gasteiger charge is -2.27. The van der Waals surface area contributed by atoms with E-state index in [9.17, 15) is 4.79 Å². The molecule has 2 heteroatoms. The predicted octanol–water partition coefficient (Wildman–Crippen LogP) is 5.82. The van der Waals surface area contributed by atoms with Crippen LogP contribution in [0.15, 0.2) is 30.3 Å². The van der Waals surface area contributed by atoms with Gasteiger partial charge >= 0.3 is 0 Å². The fraction of sp³-hybridized carbons (Fsp3) is 0.417. The lowest BCUT2D eigenvalue weighted by atomic mass is 9.80. The molecule has 1 aromatic heterocycles. The molecule has 2 aliphatic rings.